The fourth-order valence-corrected chi connectivity index (χ4v) is 3.74. The van der Waals surface area contributed by atoms with Gasteiger partial charge in [0.1, 0.15) is 6.07 Å². The molecule has 0 unspecified atom stereocenters. The molecule has 1 amide bonds. The standard InChI is InChI=1S/C19H14BrN3O3S/c1-25-15-10-12(9-14(20)17(15)26-8-7-21)11-16-18(24)23-19(27-16)22-13-5-3-2-4-6-13/h2-6,9-11H,8H2,1H3,(H,22,23,24)/b16-11+. The van der Waals surface area contributed by atoms with Crippen LogP contribution >= 0.6 is 27.7 Å². The zero-order chi connectivity index (χ0) is 19.2. The molecule has 0 radical (unpaired) electrons. The van der Waals surface area contributed by atoms with Gasteiger partial charge in [0.05, 0.1) is 22.2 Å². The molecule has 1 aliphatic heterocycles. The van der Waals surface area contributed by atoms with Crippen LogP contribution < -0.4 is 14.8 Å². The van der Waals surface area contributed by atoms with Gasteiger partial charge in [-0.3, -0.25) is 4.79 Å². The summed E-state index contributed by atoms with van der Waals surface area (Å²) < 4.78 is 11.3. The first-order valence-corrected chi connectivity index (χ1v) is 9.43. The van der Waals surface area contributed by atoms with Crippen molar-refractivity contribution >= 4 is 50.5 Å². The highest BCUT2D eigenvalue weighted by Crippen LogP contribution is 2.38. The molecule has 1 aliphatic rings. The average molecular weight is 444 g/mol. The maximum atomic E-state index is 12.2. The SMILES string of the molecule is COc1cc(/C=C2/SC(=Nc3ccccc3)NC2=O)cc(Br)c1OCC#N. The Labute approximate surface area is 169 Å². The first-order valence-electron chi connectivity index (χ1n) is 7.82. The van der Waals surface area contributed by atoms with Gasteiger partial charge in [-0.05, 0) is 63.6 Å². The van der Waals surface area contributed by atoms with E-state index in [1.54, 1.807) is 18.2 Å². The Morgan fingerprint density at radius 2 is 2.11 bits per heavy atom. The number of halogens is 1. The summed E-state index contributed by atoms with van der Waals surface area (Å²) in [5.41, 5.74) is 1.52. The highest BCUT2D eigenvalue weighted by Gasteiger charge is 2.24. The average Bonchev–Trinajstić information content (AvgIpc) is 3.00. The first-order chi connectivity index (χ1) is 13.1. The Bertz CT molecular complexity index is 968. The third-order valence-corrected chi connectivity index (χ3v) is 4.97. The van der Waals surface area contributed by atoms with Gasteiger partial charge < -0.3 is 14.8 Å². The molecule has 1 fully saturated rings. The van der Waals surface area contributed by atoms with Gasteiger partial charge in [-0.1, -0.05) is 18.2 Å². The van der Waals surface area contributed by atoms with Crippen molar-refractivity contribution in [3.63, 3.8) is 0 Å². The van der Waals surface area contributed by atoms with Gasteiger partial charge in [0, 0.05) is 0 Å². The van der Waals surface area contributed by atoms with Crippen molar-refractivity contribution in [3.8, 4) is 17.6 Å². The molecule has 1 saturated heterocycles. The molecule has 0 spiro atoms. The molecule has 2 aromatic rings. The maximum Gasteiger partial charge on any atom is 0.264 e. The molecule has 3 rings (SSSR count). The lowest BCUT2D eigenvalue weighted by molar-refractivity contribution is -0.115. The highest BCUT2D eigenvalue weighted by molar-refractivity contribution is 9.10. The van der Waals surface area contributed by atoms with E-state index in [1.807, 2.05) is 36.4 Å². The van der Waals surface area contributed by atoms with Crippen molar-refractivity contribution in [2.75, 3.05) is 13.7 Å². The third kappa shape index (κ3) is 4.70. The molecule has 1 N–H and O–H groups in total. The lowest BCUT2D eigenvalue weighted by atomic mass is 10.2. The number of ether oxygens (including phenoxy) is 2. The van der Waals surface area contributed by atoms with E-state index >= 15 is 0 Å². The lowest BCUT2D eigenvalue weighted by Crippen LogP contribution is -2.19. The van der Waals surface area contributed by atoms with Crippen molar-refractivity contribution in [2.24, 2.45) is 4.99 Å². The summed E-state index contributed by atoms with van der Waals surface area (Å²) in [6.07, 6.45) is 1.74. The van der Waals surface area contributed by atoms with Gasteiger partial charge in [0.2, 0.25) is 0 Å². The number of amidine groups is 1. The van der Waals surface area contributed by atoms with Crippen molar-refractivity contribution in [2.45, 2.75) is 0 Å². The number of hydrogen-bond acceptors (Lipinski definition) is 6. The molecule has 0 aromatic heterocycles. The fraction of sp³-hybridized carbons (Fsp3) is 0.105. The number of thioether (sulfide) groups is 1. The number of aliphatic imine (C=N–C) groups is 1. The van der Waals surface area contributed by atoms with Crippen LogP contribution in [-0.2, 0) is 4.79 Å². The van der Waals surface area contributed by atoms with Gasteiger partial charge in [-0.15, -0.1) is 0 Å². The zero-order valence-electron chi connectivity index (χ0n) is 14.2. The monoisotopic (exact) mass is 443 g/mol. The maximum absolute atomic E-state index is 12.2. The number of nitriles is 1. The molecule has 0 aliphatic carbocycles. The second-order valence-electron chi connectivity index (χ2n) is 5.30. The Morgan fingerprint density at radius 3 is 2.81 bits per heavy atom. The predicted molar refractivity (Wildman–Crippen MR) is 109 cm³/mol. The quantitative estimate of drug-likeness (QED) is 0.698. The van der Waals surface area contributed by atoms with Crippen LogP contribution in [0.4, 0.5) is 5.69 Å². The zero-order valence-corrected chi connectivity index (χ0v) is 16.6. The molecular formula is C19H14BrN3O3S. The van der Waals surface area contributed by atoms with Crippen LogP contribution in [0.5, 0.6) is 11.5 Å². The smallest absolute Gasteiger partial charge is 0.264 e. The Kier molecular flexibility index (Phi) is 6.16. The van der Waals surface area contributed by atoms with Gasteiger partial charge >= 0.3 is 0 Å². The summed E-state index contributed by atoms with van der Waals surface area (Å²) in [4.78, 5) is 17.2. The fourth-order valence-electron chi connectivity index (χ4n) is 2.32. The van der Waals surface area contributed by atoms with E-state index in [2.05, 4.69) is 26.2 Å². The number of hydrogen-bond donors (Lipinski definition) is 1. The molecule has 1 heterocycles. The Hall–Kier alpha value is -2.76. The number of benzene rings is 2. The lowest BCUT2D eigenvalue weighted by Gasteiger charge is -2.11. The molecule has 8 heteroatoms. The van der Waals surface area contributed by atoms with Crippen molar-refractivity contribution in [3.05, 3.63) is 57.4 Å². The molecule has 0 saturated carbocycles. The number of carbonyl (C=O) groups excluding carboxylic acids is 1. The summed E-state index contributed by atoms with van der Waals surface area (Å²) >= 11 is 4.68. The number of para-hydroxylation sites is 1. The number of amides is 1. The molecule has 2 aromatic carbocycles. The third-order valence-electron chi connectivity index (χ3n) is 3.47. The molecule has 0 atom stereocenters. The van der Waals surface area contributed by atoms with Crippen LogP contribution in [0.15, 0.2) is 56.8 Å². The van der Waals surface area contributed by atoms with E-state index in [0.717, 1.165) is 11.3 Å². The van der Waals surface area contributed by atoms with Crippen molar-refractivity contribution < 1.29 is 14.3 Å². The second-order valence-corrected chi connectivity index (χ2v) is 7.18. The Balaban J connectivity index is 1.86. The van der Waals surface area contributed by atoms with Crippen LogP contribution in [-0.4, -0.2) is 24.8 Å². The summed E-state index contributed by atoms with van der Waals surface area (Å²) in [5, 5.41) is 12.0. The Morgan fingerprint density at radius 1 is 1.33 bits per heavy atom. The second kappa shape index (κ2) is 8.75. The predicted octanol–water partition coefficient (Wildman–Crippen LogP) is 4.25. The van der Waals surface area contributed by atoms with Crippen LogP contribution in [0, 0.1) is 11.3 Å². The van der Waals surface area contributed by atoms with Crippen LogP contribution in [0.25, 0.3) is 6.08 Å². The number of carbonyl (C=O) groups is 1. The summed E-state index contributed by atoms with van der Waals surface area (Å²) in [7, 11) is 1.51. The molecule has 6 nitrogen and oxygen atoms in total. The van der Waals surface area contributed by atoms with Gasteiger partial charge in [0.25, 0.3) is 5.91 Å². The summed E-state index contributed by atoms with van der Waals surface area (Å²) in [5.74, 6) is 0.693. The van der Waals surface area contributed by atoms with Crippen LogP contribution in [0.1, 0.15) is 5.56 Å². The van der Waals surface area contributed by atoms with E-state index < -0.39 is 0 Å². The van der Waals surface area contributed by atoms with E-state index in [-0.39, 0.29) is 12.5 Å². The first kappa shape index (κ1) is 19.0. The van der Waals surface area contributed by atoms with Crippen molar-refractivity contribution in [1.82, 2.24) is 5.32 Å². The van der Waals surface area contributed by atoms with E-state index in [4.69, 9.17) is 14.7 Å². The minimum absolute atomic E-state index is 0.0903. The van der Waals surface area contributed by atoms with Gasteiger partial charge in [-0.2, -0.15) is 5.26 Å². The van der Waals surface area contributed by atoms with Crippen molar-refractivity contribution in [1.29, 1.82) is 5.26 Å². The van der Waals surface area contributed by atoms with E-state index in [9.17, 15) is 4.79 Å². The highest BCUT2D eigenvalue weighted by atomic mass is 79.9. The number of nitrogens with zero attached hydrogens (tertiary/aromatic N) is 2. The molecule has 27 heavy (non-hydrogen) atoms. The normalized spacial score (nSPS) is 16.3. The number of methoxy groups -OCH3 is 1. The summed E-state index contributed by atoms with van der Waals surface area (Å²) in [6, 6.07) is 14.9. The number of nitrogens with one attached hydrogen (secondary N) is 1. The topological polar surface area (TPSA) is 83.7 Å². The van der Waals surface area contributed by atoms with E-state index in [1.165, 1.54) is 18.9 Å². The van der Waals surface area contributed by atoms with Crippen LogP contribution in [0.3, 0.4) is 0 Å². The largest absolute Gasteiger partial charge is 0.493 e. The molecular weight excluding hydrogens is 430 g/mol. The van der Waals surface area contributed by atoms with Gasteiger partial charge in [0.15, 0.2) is 23.3 Å². The molecule has 0 bridgehead atoms. The van der Waals surface area contributed by atoms with Crippen LogP contribution in [0.2, 0.25) is 0 Å². The minimum Gasteiger partial charge on any atom is -0.493 e. The minimum atomic E-state index is -0.213. The van der Waals surface area contributed by atoms with E-state index in [0.29, 0.717) is 26.0 Å². The molecule has 136 valence electrons. The van der Waals surface area contributed by atoms with Gasteiger partial charge in [-0.25, -0.2) is 4.99 Å². The number of rotatable bonds is 5. The summed E-state index contributed by atoms with van der Waals surface area (Å²) in [6.45, 7) is -0.0903.